The molecular formula is C17H23N3O. The van der Waals surface area contributed by atoms with Crippen LogP contribution in [0.1, 0.15) is 25.5 Å². The minimum atomic E-state index is 0.185. The van der Waals surface area contributed by atoms with Crippen LogP contribution in [0.25, 0.3) is 10.8 Å². The number of hydrogen-bond acceptors (Lipinski definition) is 4. The Kier molecular flexibility index (Phi) is 4.19. The molecule has 21 heavy (non-hydrogen) atoms. The maximum Gasteiger partial charge on any atom is 0.0675 e. The molecule has 1 aromatic heterocycles. The number of rotatable bonds is 3. The predicted octanol–water partition coefficient (Wildman–Crippen LogP) is 2.34. The van der Waals surface area contributed by atoms with E-state index in [-0.39, 0.29) is 12.1 Å². The summed E-state index contributed by atoms with van der Waals surface area (Å²) in [6, 6.07) is 8.93. The van der Waals surface area contributed by atoms with E-state index in [9.17, 15) is 0 Å². The van der Waals surface area contributed by atoms with Crippen LogP contribution in [0, 0.1) is 0 Å². The molecule has 4 nitrogen and oxygen atoms in total. The fraction of sp³-hybridized carbons (Fsp3) is 0.471. The van der Waals surface area contributed by atoms with E-state index < -0.39 is 0 Å². The van der Waals surface area contributed by atoms with Crippen molar-refractivity contribution >= 4 is 10.8 Å². The SMILES string of the molecule is CC1CN(C(CN)c2cncc3ccccc23)C(C)CO1. The summed E-state index contributed by atoms with van der Waals surface area (Å²) in [5, 5.41) is 2.41. The second-order valence-corrected chi connectivity index (χ2v) is 5.89. The van der Waals surface area contributed by atoms with Gasteiger partial charge in [0, 0.05) is 43.0 Å². The van der Waals surface area contributed by atoms with Gasteiger partial charge >= 0.3 is 0 Å². The van der Waals surface area contributed by atoms with Crippen molar-refractivity contribution in [2.24, 2.45) is 5.73 Å². The molecule has 0 aliphatic carbocycles. The standard InChI is InChI=1S/C17H23N3O/c1-12-11-21-13(2)10-20(12)17(7-18)16-9-19-8-14-5-3-4-6-15(14)16/h3-6,8-9,12-13,17H,7,10-11,18H2,1-2H3. The molecule has 3 unspecified atom stereocenters. The van der Waals surface area contributed by atoms with E-state index in [0.717, 1.165) is 13.2 Å². The maximum absolute atomic E-state index is 6.12. The molecule has 2 heterocycles. The summed E-state index contributed by atoms with van der Waals surface area (Å²) in [6.45, 7) is 6.58. The zero-order valence-corrected chi connectivity index (χ0v) is 12.7. The molecule has 0 spiro atoms. The van der Waals surface area contributed by atoms with Crippen molar-refractivity contribution in [2.45, 2.75) is 32.0 Å². The average Bonchev–Trinajstić information content (AvgIpc) is 2.51. The molecule has 0 bridgehead atoms. The first-order valence-corrected chi connectivity index (χ1v) is 7.60. The number of ether oxygens (including phenoxy) is 1. The van der Waals surface area contributed by atoms with E-state index in [1.165, 1.54) is 16.3 Å². The van der Waals surface area contributed by atoms with Gasteiger partial charge in [0.05, 0.1) is 12.7 Å². The van der Waals surface area contributed by atoms with Crippen LogP contribution < -0.4 is 5.73 Å². The predicted molar refractivity (Wildman–Crippen MR) is 85.1 cm³/mol. The number of nitrogens with two attached hydrogens (primary N) is 1. The van der Waals surface area contributed by atoms with Gasteiger partial charge in [-0.3, -0.25) is 9.88 Å². The monoisotopic (exact) mass is 285 g/mol. The third-order valence-corrected chi connectivity index (χ3v) is 4.34. The van der Waals surface area contributed by atoms with E-state index in [4.69, 9.17) is 10.5 Å². The van der Waals surface area contributed by atoms with Crippen molar-refractivity contribution in [3.05, 3.63) is 42.2 Å². The van der Waals surface area contributed by atoms with Crippen LogP contribution in [0.15, 0.2) is 36.7 Å². The summed E-state index contributed by atoms with van der Waals surface area (Å²) in [4.78, 5) is 6.86. The van der Waals surface area contributed by atoms with Crippen molar-refractivity contribution in [2.75, 3.05) is 19.7 Å². The van der Waals surface area contributed by atoms with Gasteiger partial charge in [-0.25, -0.2) is 0 Å². The Morgan fingerprint density at radius 2 is 2.14 bits per heavy atom. The average molecular weight is 285 g/mol. The van der Waals surface area contributed by atoms with Gasteiger partial charge in [-0.15, -0.1) is 0 Å². The zero-order chi connectivity index (χ0) is 14.8. The highest BCUT2D eigenvalue weighted by Gasteiger charge is 2.30. The van der Waals surface area contributed by atoms with Gasteiger partial charge in [0.1, 0.15) is 0 Å². The quantitative estimate of drug-likeness (QED) is 0.940. The third kappa shape index (κ3) is 2.79. The van der Waals surface area contributed by atoms with Crippen molar-refractivity contribution < 1.29 is 4.74 Å². The van der Waals surface area contributed by atoms with Crippen LogP contribution in [-0.4, -0.2) is 41.7 Å². The van der Waals surface area contributed by atoms with Crippen LogP contribution in [0.5, 0.6) is 0 Å². The van der Waals surface area contributed by atoms with Crippen molar-refractivity contribution in [3.8, 4) is 0 Å². The molecule has 3 rings (SSSR count). The first kappa shape index (κ1) is 14.4. The Bertz CT molecular complexity index is 611. The highest BCUT2D eigenvalue weighted by molar-refractivity contribution is 5.85. The molecule has 2 aromatic rings. The molecule has 112 valence electrons. The fourth-order valence-electron chi connectivity index (χ4n) is 3.21. The van der Waals surface area contributed by atoms with Crippen molar-refractivity contribution in [3.63, 3.8) is 0 Å². The summed E-state index contributed by atoms with van der Waals surface area (Å²) >= 11 is 0. The highest BCUT2D eigenvalue weighted by Crippen LogP contribution is 2.30. The summed E-state index contributed by atoms with van der Waals surface area (Å²) < 4.78 is 5.74. The van der Waals surface area contributed by atoms with Gasteiger partial charge in [-0.05, 0) is 24.8 Å². The molecule has 2 N–H and O–H groups in total. The number of fused-ring (bicyclic) bond motifs is 1. The lowest BCUT2D eigenvalue weighted by molar-refractivity contribution is -0.0652. The Hall–Kier alpha value is -1.49. The third-order valence-electron chi connectivity index (χ3n) is 4.34. The molecule has 0 amide bonds. The maximum atomic E-state index is 6.12. The normalized spacial score (nSPS) is 25.1. The molecule has 1 aromatic carbocycles. The second kappa shape index (κ2) is 6.10. The Labute approximate surface area is 125 Å². The largest absolute Gasteiger partial charge is 0.376 e. The van der Waals surface area contributed by atoms with Gasteiger partial charge in [0.15, 0.2) is 0 Å². The molecule has 1 saturated heterocycles. The molecule has 4 heteroatoms. The molecule has 0 radical (unpaired) electrons. The smallest absolute Gasteiger partial charge is 0.0675 e. The first-order chi connectivity index (χ1) is 10.2. The minimum absolute atomic E-state index is 0.185. The number of benzene rings is 1. The van der Waals surface area contributed by atoms with E-state index in [1.54, 1.807) is 0 Å². The van der Waals surface area contributed by atoms with Crippen molar-refractivity contribution in [1.29, 1.82) is 0 Å². The van der Waals surface area contributed by atoms with Crippen LogP contribution >= 0.6 is 0 Å². The highest BCUT2D eigenvalue weighted by atomic mass is 16.5. The number of nitrogens with zero attached hydrogens (tertiary/aromatic N) is 2. The summed E-state index contributed by atoms with van der Waals surface area (Å²) in [7, 11) is 0. The van der Waals surface area contributed by atoms with Crippen LogP contribution in [-0.2, 0) is 4.74 Å². The van der Waals surface area contributed by atoms with E-state index >= 15 is 0 Å². The summed E-state index contributed by atoms with van der Waals surface area (Å²) in [5.74, 6) is 0. The lowest BCUT2D eigenvalue weighted by atomic mass is 9.98. The second-order valence-electron chi connectivity index (χ2n) is 5.89. The molecular weight excluding hydrogens is 262 g/mol. The van der Waals surface area contributed by atoms with Gasteiger partial charge in [0.25, 0.3) is 0 Å². The lowest BCUT2D eigenvalue weighted by Crippen LogP contribution is -2.50. The number of pyridine rings is 1. The molecule has 0 saturated carbocycles. The molecule has 1 aliphatic rings. The fourth-order valence-corrected chi connectivity index (χ4v) is 3.21. The van der Waals surface area contributed by atoms with E-state index in [0.29, 0.717) is 12.6 Å². The Morgan fingerprint density at radius 3 is 2.95 bits per heavy atom. The Balaban J connectivity index is 2.01. The molecule has 3 atom stereocenters. The van der Waals surface area contributed by atoms with Crippen molar-refractivity contribution in [1.82, 2.24) is 9.88 Å². The zero-order valence-electron chi connectivity index (χ0n) is 12.7. The van der Waals surface area contributed by atoms with E-state index in [1.807, 2.05) is 18.5 Å². The topological polar surface area (TPSA) is 51.4 Å². The van der Waals surface area contributed by atoms with Gasteiger partial charge < -0.3 is 10.5 Å². The lowest BCUT2D eigenvalue weighted by Gasteiger charge is -2.42. The van der Waals surface area contributed by atoms with E-state index in [2.05, 4.69) is 41.9 Å². The summed E-state index contributed by atoms with van der Waals surface area (Å²) in [5.41, 5.74) is 7.34. The molecule has 1 aliphatic heterocycles. The molecule has 1 fully saturated rings. The number of aromatic nitrogens is 1. The number of hydrogen-bond donors (Lipinski definition) is 1. The number of morpholine rings is 1. The van der Waals surface area contributed by atoms with Crippen LogP contribution in [0.3, 0.4) is 0 Å². The van der Waals surface area contributed by atoms with Gasteiger partial charge in [-0.2, -0.15) is 0 Å². The summed E-state index contributed by atoms with van der Waals surface area (Å²) in [6.07, 6.45) is 4.13. The van der Waals surface area contributed by atoms with Gasteiger partial charge in [-0.1, -0.05) is 24.3 Å². The van der Waals surface area contributed by atoms with Crippen LogP contribution in [0.2, 0.25) is 0 Å². The van der Waals surface area contributed by atoms with Gasteiger partial charge in [0.2, 0.25) is 0 Å². The Morgan fingerprint density at radius 1 is 1.33 bits per heavy atom. The first-order valence-electron chi connectivity index (χ1n) is 7.60. The minimum Gasteiger partial charge on any atom is -0.376 e. The van der Waals surface area contributed by atoms with Crippen LogP contribution in [0.4, 0.5) is 0 Å².